The lowest BCUT2D eigenvalue weighted by atomic mass is 10.0. The number of ether oxygens (including phenoxy) is 1. The Kier molecular flexibility index (Phi) is 5.01. The zero-order valence-corrected chi connectivity index (χ0v) is 12.8. The summed E-state index contributed by atoms with van der Waals surface area (Å²) in [5, 5.41) is 3.33. The number of sulfonamides is 1. The van der Waals surface area contributed by atoms with Gasteiger partial charge in [-0.3, -0.25) is 0 Å². The zero-order chi connectivity index (χ0) is 14.6. The van der Waals surface area contributed by atoms with Crippen molar-refractivity contribution in [3.8, 4) is 0 Å². The lowest BCUT2D eigenvalue weighted by molar-refractivity contribution is 0.0699. The van der Waals surface area contributed by atoms with Gasteiger partial charge in [0.1, 0.15) is 0 Å². The van der Waals surface area contributed by atoms with Crippen molar-refractivity contribution in [1.82, 2.24) is 4.72 Å². The molecule has 1 heterocycles. The second-order valence-corrected chi connectivity index (χ2v) is 6.98. The van der Waals surface area contributed by atoms with Crippen molar-refractivity contribution in [3.63, 3.8) is 0 Å². The summed E-state index contributed by atoms with van der Waals surface area (Å²) in [6.45, 7) is 4.29. The molecule has 1 fully saturated rings. The van der Waals surface area contributed by atoms with E-state index in [0.717, 1.165) is 43.9 Å². The molecule has 0 atom stereocenters. The van der Waals surface area contributed by atoms with E-state index < -0.39 is 10.0 Å². The molecule has 1 aromatic carbocycles. The normalized spacial score (nSPS) is 17.1. The standard InChI is InChI=1S/C14H22N2O3S/c1-11-3-4-13(9-14(11)20(17,18)15-2)16-10-12-5-7-19-8-6-12/h3-4,9,12,15-16H,5-8,10H2,1-2H3. The van der Waals surface area contributed by atoms with E-state index in [2.05, 4.69) is 10.0 Å². The smallest absolute Gasteiger partial charge is 0.240 e. The van der Waals surface area contributed by atoms with Gasteiger partial charge < -0.3 is 10.1 Å². The molecule has 0 aliphatic carbocycles. The van der Waals surface area contributed by atoms with Gasteiger partial charge in [0.25, 0.3) is 0 Å². The molecule has 0 amide bonds. The van der Waals surface area contributed by atoms with Crippen molar-refractivity contribution in [2.45, 2.75) is 24.7 Å². The molecule has 20 heavy (non-hydrogen) atoms. The maximum Gasteiger partial charge on any atom is 0.240 e. The highest BCUT2D eigenvalue weighted by Gasteiger charge is 2.16. The lowest BCUT2D eigenvalue weighted by Gasteiger charge is -2.22. The van der Waals surface area contributed by atoms with Crippen molar-refractivity contribution in [2.24, 2.45) is 5.92 Å². The lowest BCUT2D eigenvalue weighted by Crippen LogP contribution is -2.23. The van der Waals surface area contributed by atoms with E-state index in [1.165, 1.54) is 7.05 Å². The van der Waals surface area contributed by atoms with Crippen molar-refractivity contribution < 1.29 is 13.2 Å². The molecule has 0 spiro atoms. The Morgan fingerprint density at radius 1 is 1.30 bits per heavy atom. The van der Waals surface area contributed by atoms with Crippen LogP contribution in [0.2, 0.25) is 0 Å². The molecular formula is C14H22N2O3S. The van der Waals surface area contributed by atoms with Gasteiger partial charge in [-0.05, 0) is 50.4 Å². The largest absolute Gasteiger partial charge is 0.385 e. The minimum Gasteiger partial charge on any atom is -0.385 e. The van der Waals surface area contributed by atoms with E-state index in [-0.39, 0.29) is 0 Å². The third-order valence-corrected chi connectivity index (χ3v) is 5.24. The van der Waals surface area contributed by atoms with Crippen LogP contribution in [0, 0.1) is 12.8 Å². The number of hydrogen-bond donors (Lipinski definition) is 2. The summed E-state index contributed by atoms with van der Waals surface area (Å²) in [6.07, 6.45) is 2.11. The van der Waals surface area contributed by atoms with E-state index in [9.17, 15) is 8.42 Å². The van der Waals surface area contributed by atoms with Crippen molar-refractivity contribution >= 4 is 15.7 Å². The summed E-state index contributed by atoms with van der Waals surface area (Å²) in [6, 6.07) is 5.44. The molecule has 1 aliphatic rings. The molecule has 112 valence electrons. The first-order valence-corrected chi connectivity index (χ1v) is 8.37. The van der Waals surface area contributed by atoms with Crippen LogP contribution >= 0.6 is 0 Å². The summed E-state index contributed by atoms with van der Waals surface area (Å²) in [7, 11) is -1.98. The highest BCUT2D eigenvalue weighted by Crippen LogP contribution is 2.21. The van der Waals surface area contributed by atoms with Gasteiger partial charge in [0, 0.05) is 25.4 Å². The molecule has 2 N–H and O–H groups in total. The minimum atomic E-state index is -3.40. The Labute approximate surface area is 120 Å². The Balaban J connectivity index is 2.07. The van der Waals surface area contributed by atoms with Gasteiger partial charge in [-0.1, -0.05) is 6.07 Å². The van der Waals surface area contributed by atoms with Gasteiger partial charge in [0.2, 0.25) is 10.0 Å². The monoisotopic (exact) mass is 298 g/mol. The van der Waals surface area contributed by atoms with E-state index >= 15 is 0 Å². The van der Waals surface area contributed by atoms with E-state index in [0.29, 0.717) is 10.8 Å². The maximum absolute atomic E-state index is 11.9. The van der Waals surface area contributed by atoms with E-state index in [1.54, 1.807) is 13.0 Å². The first kappa shape index (κ1) is 15.3. The Bertz CT molecular complexity index is 552. The summed E-state index contributed by atoms with van der Waals surface area (Å²) >= 11 is 0. The third kappa shape index (κ3) is 3.71. The van der Waals surface area contributed by atoms with Crippen LogP contribution in [0.3, 0.4) is 0 Å². The first-order chi connectivity index (χ1) is 9.53. The number of benzene rings is 1. The van der Waals surface area contributed by atoms with Crippen LogP contribution in [0.25, 0.3) is 0 Å². The quantitative estimate of drug-likeness (QED) is 0.869. The molecule has 0 unspecified atom stereocenters. The predicted molar refractivity (Wildman–Crippen MR) is 79.5 cm³/mol. The van der Waals surface area contributed by atoms with Gasteiger partial charge in [-0.2, -0.15) is 0 Å². The SMILES string of the molecule is CNS(=O)(=O)c1cc(NCC2CCOCC2)ccc1C. The van der Waals surface area contributed by atoms with Crippen LogP contribution in [0.4, 0.5) is 5.69 Å². The first-order valence-electron chi connectivity index (χ1n) is 6.89. The Morgan fingerprint density at radius 2 is 2.00 bits per heavy atom. The van der Waals surface area contributed by atoms with Gasteiger partial charge in [0.15, 0.2) is 0 Å². The molecule has 2 rings (SSSR count). The molecule has 6 heteroatoms. The van der Waals surface area contributed by atoms with Gasteiger partial charge in [-0.25, -0.2) is 13.1 Å². The second kappa shape index (κ2) is 6.56. The Morgan fingerprint density at radius 3 is 2.65 bits per heavy atom. The second-order valence-electron chi connectivity index (χ2n) is 5.12. The maximum atomic E-state index is 11.9. The van der Waals surface area contributed by atoms with E-state index in [1.807, 2.05) is 12.1 Å². The molecule has 1 aromatic rings. The number of nitrogens with one attached hydrogen (secondary N) is 2. The molecule has 1 aliphatic heterocycles. The van der Waals surface area contributed by atoms with Crippen LogP contribution in [-0.2, 0) is 14.8 Å². The summed E-state index contributed by atoms with van der Waals surface area (Å²) in [5.74, 6) is 0.592. The number of rotatable bonds is 5. The average molecular weight is 298 g/mol. The van der Waals surface area contributed by atoms with Gasteiger partial charge in [-0.15, -0.1) is 0 Å². The molecular weight excluding hydrogens is 276 g/mol. The minimum absolute atomic E-state index is 0.331. The van der Waals surface area contributed by atoms with Crippen molar-refractivity contribution in [3.05, 3.63) is 23.8 Å². The summed E-state index contributed by atoms with van der Waals surface area (Å²) in [5.41, 5.74) is 1.59. The van der Waals surface area contributed by atoms with Crippen molar-refractivity contribution in [1.29, 1.82) is 0 Å². The fraction of sp³-hybridized carbons (Fsp3) is 0.571. The van der Waals surface area contributed by atoms with Crippen LogP contribution in [-0.4, -0.2) is 35.2 Å². The number of anilines is 1. The van der Waals surface area contributed by atoms with Crippen LogP contribution in [0.15, 0.2) is 23.1 Å². The van der Waals surface area contributed by atoms with Gasteiger partial charge in [0.05, 0.1) is 4.90 Å². The van der Waals surface area contributed by atoms with Crippen LogP contribution in [0.1, 0.15) is 18.4 Å². The van der Waals surface area contributed by atoms with Crippen LogP contribution in [0.5, 0.6) is 0 Å². The molecule has 0 radical (unpaired) electrons. The third-order valence-electron chi connectivity index (χ3n) is 3.68. The number of hydrogen-bond acceptors (Lipinski definition) is 4. The fourth-order valence-corrected chi connectivity index (χ4v) is 3.32. The molecule has 0 aromatic heterocycles. The molecule has 1 saturated heterocycles. The highest BCUT2D eigenvalue weighted by atomic mass is 32.2. The van der Waals surface area contributed by atoms with Gasteiger partial charge >= 0.3 is 0 Å². The fourth-order valence-electron chi connectivity index (χ4n) is 2.32. The highest BCUT2D eigenvalue weighted by molar-refractivity contribution is 7.89. The van der Waals surface area contributed by atoms with E-state index in [4.69, 9.17) is 4.74 Å². The Hall–Kier alpha value is -1.11. The zero-order valence-electron chi connectivity index (χ0n) is 12.0. The average Bonchev–Trinajstić information content (AvgIpc) is 2.47. The summed E-state index contributed by atoms with van der Waals surface area (Å²) in [4.78, 5) is 0.331. The molecule has 0 bridgehead atoms. The van der Waals surface area contributed by atoms with Crippen LogP contribution < -0.4 is 10.0 Å². The number of aryl methyl sites for hydroxylation is 1. The molecule has 5 nitrogen and oxygen atoms in total. The summed E-state index contributed by atoms with van der Waals surface area (Å²) < 4.78 is 31.5. The molecule has 0 saturated carbocycles. The topological polar surface area (TPSA) is 67.4 Å². The van der Waals surface area contributed by atoms with Crippen molar-refractivity contribution in [2.75, 3.05) is 32.1 Å². The predicted octanol–water partition coefficient (Wildman–Crippen LogP) is 1.74.